The predicted molar refractivity (Wildman–Crippen MR) is 124 cm³/mol. The molecule has 0 heterocycles. The van der Waals surface area contributed by atoms with Gasteiger partial charge in [-0.1, -0.05) is 63.3 Å². The van der Waals surface area contributed by atoms with Crippen LogP contribution in [0.2, 0.25) is 0 Å². The highest BCUT2D eigenvalue weighted by molar-refractivity contribution is 9.10. The van der Waals surface area contributed by atoms with Crippen molar-refractivity contribution < 1.29 is 0 Å². The molecule has 26 heavy (non-hydrogen) atoms. The van der Waals surface area contributed by atoms with Gasteiger partial charge in [-0.25, -0.2) is 0 Å². The van der Waals surface area contributed by atoms with Crippen molar-refractivity contribution in [1.29, 1.82) is 0 Å². The molecule has 0 fully saturated rings. The first-order valence-corrected chi connectivity index (χ1v) is 10.0. The van der Waals surface area contributed by atoms with Crippen LogP contribution in [-0.2, 0) is 0 Å². The highest BCUT2D eigenvalue weighted by Gasteiger charge is 2.04. The lowest BCUT2D eigenvalue weighted by atomic mass is 9.99. The molecule has 0 saturated heterocycles. The largest absolute Gasteiger partial charge is 0.106 e. The third-order valence-electron chi connectivity index (χ3n) is 3.42. The Labute approximate surface area is 170 Å². The zero-order chi connectivity index (χ0) is 20.9. The molecule has 0 aliphatic carbocycles. The number of aryl methyl sites for hydroxylation is 5. The first-order valence-electron chi connectivity index (χ1n) is 9.25. The average molecular weight is 415 g/mol. The van der Waals surface area contributed by atoms with Gasteiger partial charge in [-0.15, -0.1) is 13.2 Å². The molecule has 0 unspecified atom stereocenters. The van der Waals surface area contributed by atoms with Crippen molar-refractivity contribution in [1.82, 2.24) is 0 Å². The van der Waals surface area contributed by atoms with Gasteiger partial charge in [-0.3, -0.25) is 0 Å². The van der Waals surface area contributed by atoms with E-state index in [2.05, 4.69) is 99.8 Å². The Hall–Kier alpha value is -1.78. The summed E-state index contributed by atoms with van der Waals surface area (Å²) in [6, 6.07) is 8.66. The molecule has 0 spiro atoms. The summed E-state index contributed by atoms with van der Waals surface area (Å²) >= 11 is 3.62. The maximum absolute atomic E-state index is 3.62. The second-order valence-electron chi connectivity index (χ2n) is 5.46. The van der Waals surface area contributed by atoms with E-state index >= 15 is 0 Å². The fourth-order valence-corrected chi connectivity index (χ4v) is 3.35. The third-order valence-corrected chi connectivity index (χ3v) is 4.05. The minimum atomic E-state index is 1.07. The maximum Gasteiger partial charge on any atom is 0.0420 e. The molecule has 2 rings (SSSR count). The lowest BCUT2D eigenvalue weighted by Crippen LogP contribution is -1.91. The maximum atomic E-state index is 3.62. The van der Waals surface area contributed by atoms with Gasteiger partial charge >= 0.3 is 0 Å². The minimum absolute atomic E-state index is 1.07. The molecule has 0 amide bonds. The van der Waals surface area contributed by atoms with Gasteiger partial charge in [0.1, 0.15) is 0 Å². The summed E-state index contributed by atoms with van der Waals surface area (Å²) < 4.78 is 1.07. The molecule has 0 aliphatic rings. The summed E-state index contributed by atoms with van der Waals surface area (Å²) in [6.45, 7) is 24.6. The van der Waals surface area contributed by atoms with Crippen molar-refractivity contribution in [2.75, 3.05) is 0 Å². The third kappa shape index (κ3) is 8.07. The van der Waals surface area contributed by atoms with Gasteiger partial charge in [0.25, 0.3) is 0 Å². The first kappa shape index (κ1) is 26.4. The van der Waals surface area contributed by atoms with Crippen molar-refractivity contribution in [2.24, 2.45) is 0 Å². The quantitative estimate of drug-likeness (QED) is 0.300. The molecule has 2 aromatic carbocycles. The molecule has 1 heteroatoms. The Morgan fingerprint density at radius 2 is 0.923 bits per heavy atom. The lowest BCUT2D eigenvalue weighted by Gasteiger charge is -2.06. The van der Waals surface area contributed by atoms with E-state index in [0.29, 0.717) is 0 Å². The molecule has 0 nitrogen and oxygen atoms in total. The van der Waals surface area contributed by atoms with Crippen LogP contribution in [0.4, 0.5) is 0 Å². The van der Waals surface area contributed by atoms with Crippen molar-refractivity contribution in [3.8, 4) is 11.8 Å². The van der Waals surface area contributed by atoms with Gasteiger partial charge in [-0.05, 0) is 78.9 Å². The van der Waals surface area contributed by atoms with Crippen molar-refractivity contribution in [3.63, 3.8) is 0 Å². The van der Waals surface area contributed by atoms with Crippen LogP contribution >= 0.6 is 15.9 Å². The summed E-state index contributed by atoms with van der Waals surface area (Å²) in [5.41, 5.74) is 8.47. The summed E-state index contributed by atoms with van der Waals surface area (Å²) in [5.74, 6) is 6.67. The molecule has 0 aromatic heterocycles. The highest BCUT2D eigenvalue weighted by Crippen LogP contribution is 2.22. The summed E-state index contributed by atoms with van der Waals surface area (Å²) in [7, 11) is 0. The number of halogens is 1. The topological polar surface area (TPSA) is 0 Å². The summed E-state index contributed by atoms with van der Waals surface area (Å²) in [5, 5.41) is 0. The van der Waals surface area contributed by atoms with Crippen LogP contribution in [0.1, 0.15) is 66.6 Å². The van der Waals surface area contributed by atoms with Gasteiger partial charge in [0, 0.05) is 15.6 Å². The average Bonchev–Trinajstić information content (AvgIpc) is 2.61. The Balaban J connectivity index is 0. The fourth-order valence-electron chi connectivity index (χ4n) is 2.58. The molecule has 0 aliphatic heterocycles. The molecule has 0 bridgehead atoms. The first-order chi connectivity index (χ1) is 12.4. The Morgan fingerprint density at radius 1 is 0.615 bits per heavy atom. The van der Waals surface area contributed by atoms with Crippen LogP contribution in [0.5, 0.6) is 0 Å². The zero-order valence-electron chi connectivity index (χ0n) is 18.1. The van der Waals surface area contributed by atoms with E-state index in [9.17, 15) is 0 Å². The molecule has 142 valence electrons. The Bertz CT molecular complexity index is 635. The van der Waals surface area contributed by atoms with Crippen LogP contribution in [0.3, 0.4) is 0 Å². The minimum Gasteiger partial charge on any atom is -0.106 e. The van der Waals surface area contributed by atoms with E-state index in [1.54, 1.807) is 0 Å². The van der Waals surface area contributed by atoms with Crippen LogP contribution in [0, 0.1) is 46.5 Å². The van der Waals surface area contributed by atoms with E-state index in [4.69, 9.17) is 0 Å². The van der Waals surface area contributed by atoms with Gasteiger partial charge < -0.3 is 0 Å². The fraction of sp³-hybridized carbons (Fsp3) is 0.360. The second-order valence-corrected chi connectivity index (χ2v) is 6.32. The number of hydrogen-bond donors (Lipinski definition) is 0. The van der Waals surface area contributed by atoms with Crippen molar-refractivity contribution >= 4 is 15.9 Å². The standard InChI is InChI=1S/C19H19Br.2C2H6.C2H4/c1-12-8-14(3)17(15(4)9-12)6-7-18-16(5)10-13(2)11-19(18)20;3*1-2/h8-11H,1-5H3;2*1-2H3;1-2H2. The zero-order valence-corrected chi connectivity index (χ0v) is 19.7. The normalized spacial score (nSPS) is 8.38. The van der Waals surface area contributed by atoms with E-state index in [0.717, 1.165) is 15.6 Å². The van der Waals surface area contributed by atoms with Gasteiger partial charge in [0.05, 0.1) is 0 Å². The van der Waals surface area contributed by atoms with E-state index in [-0.39, 0.29) is 0 Å². The van der Waals surface area contributed by atoms with Gasteiger partial charge in [-0.2, -0.15) is 0 Å². The monoisotopic (exact) mass is 414 g/mol. The highest BCUT2D eigenvalue weighted by atomic mass is 79.9. The SMILES string of the molecule is C=C.CC.CC.Cc1cc(C)c(C#Cc2c(C)cc(C)cc2Br)c(C)c1. The van der Waals surface area contributed by atoms with E-state index in [1.165, 1.54) is 27.8 Å². The molecule has 0 saturated carbocycles. The van der Waals surface area contributed by atoms with Crippen LogP contribution in [0.15, 0.2) is 41.9 Å². The molecular formula is C25H35Br. The van der Waals surface area contributed by atoms with Crippen molar-refractivity contribution in [3.05, 3.63) is 80.8 Å². The van der Waals surface area contributed by atoms with Crippen LogP contribution in [0.25, 0.3) is 0 Å². The molecule has 0 atom stereocenters. The van der Waals surface area contributed by atoms with E-state index in [1.807, 2.05) is 27.7 Å². The summed E-state index contributed by atoms with van der Waals surface area (Å²) in [6.07, 6.45) is 0. The number of rotatable bonds is 0. The van der Waals surface area contributed by atoms with Crippen LogP contribution in [-0.4, -0.2) is 0 Å². The smallest absolute Gasteiger partial charge is 0.0420 e. The van der Waals surface area contributed by atoms with Crippen LogP contribution < -0.4 is 0 Å². The molecule has 0 N–H and O–H groups in total. The second kappa shape index (κ2) is 14.4. The molecule has 2 aromatic rings. The van der Waals surface area contributed by atoms with Crippen molar-refractivity contribution in [2.45, 2.75) is 62.3 Å². The Morgan fingerprint density at radius 3 is 1.31 bits per heavy atom. The predicted octanol–water partition coefficient (Wildman–Crippen LogP) is 8.25. The molecular weight excluding hydrogens is 380 g/mol. The Kier molecular flexibility index (Phi) is 14.6. The molecule has 0 radical (unpaired) electrons. The van der Waals surface area contributed by atoms with Gasteiger partial charge in [0.2, 0.25) is 0 Å². The van der Waals surface area contributed by atoms with E-state index < -0.39 is 0 Å². The number of hydrogen-bond acceptors (Lipinski definition) is 0. The lowest BCUT2D eigenvalue weighted by molar-refractivity contribution is 1.29. The number of benzene rings is 2. The summed E-state index contributed by atoms with van der Waals surface area (Å²) in [4.78, 5) is 0. The van der Waals surface area contributed by atoms with Gasteiger partial charge in [0.15, 0.2) is 0 Å².